The fourth-order valence-electron chi connectivity index (χ4n) is 3.12. The van der Waals surface area contributed by atoms with Crippen LogP contribution < -0.4 is 4.74 Å². The Morgan fingerprint density at radius 2 is 2.07 bits per heavy atom. The van der Waals surface area contributed by atoms with Gasteiger partial charge in [0.2, 0.25) is 0 Å². The summed E-state index contributed by atoms with van der Waals surface area (Å²) >= 11 is 1.59. The number of benzene rings is 1. The van der Waals surface area contributed by atoms with E-state index in [0.717, 1.165) is 23.5 Å². The van der Waals surface area contributed by atoms with Gasteiger partial charge in [0.05, 0.1) is 23.2 Å². The maximum absolute atomic E-state index is 12.7. The number of likely N-dealkylation sites (tertiary alicyclic amines) is 1. The molecule has 1 fully saturated rings. The molecule has 2 aromatic rings. The number of rotatable bonds is 6. The van der Waals surface area contributed by atoms with Crippen LogP contribution in [0.3, 0.4) is 0 Å². The number of hydrogen-bond acceptors (Lipinski definition) is 6. The van der Waals surface area contributed by atoms with Gasteiger partial charge in [0, 0.05) is 24.0 Å². The van der Waals surface area contributed by atoms with Gasteiger partial charge >= 0.3 is 5.97 Å². The molecule has 1 aromatic heterocycles. The van der Waals surface area contributed by atoms with Crippen LogP contribution in [0.1, 0.15) is 40.8 Å². The number of nitrogens with zero attached hydrogens (tertiary/aromatic N) is 2. The van der Waals surface area contributed by atoms with Crippen molar-refractivity contribution < 1.29 is 19.1 Å². The average Bonchev–Trinajstić information content (AvgIpc) is 3.12. The molecule has 2 heterocycles. The molecule has 6 nitrogen and oxygen atoms in total. The molecule has 1 atom stereocenters. The van der Waals surface area contributed by atoms with Gasteiger partial charge in [0.15, 0.2) is 0 Å². The molecule has 1 unspecified atom stereocenters. The van der Waals surface area contributed by atoms with E-state index in [9.17, 15) is 9.59 Å². The van der Waals surface area contributed by atoms with Crippen molar-refractivity contribution in [2.75, 3.05) is 19.7 Å². The van der Waals surface area contributed by atoms with Crippen LogP contribution in [0.5, 0.6) is 5.75 Å². The SMILES string of the molecule is CCOC(=O)C1CCCN(C(=O)c2ccc(OCc3csc(C)n3)cc2)C1. The maximum Gasteiger partial charge on any atom is 0.310 e. The zero-order valence-corrected chi connectivity index (χ0v) is 16.5. The molecule has 3 rings (SSSR count). The maximum atomic E-state index is 12.7. The van der Waals surface area contributed by atoms with Gasteiger partial charge < -0.3 is 14.4 Å². The fourth-order valence-corrected chi connectivity index (χ4v) is 3.72. The smallest absolute Gasteiger partial charge is 0.310 e. The van der Waals surface area contributed by atoms with Crippen LogP contribution in [0.2, 0.25) is 0 Å². The van der Waals surface area contributed by atoms with E-state index in [4.69, 9.17) is 9.47 Å². The average molecular weight is 388 g/mol. The molecule has 1 amide bonds. The summed E-state index contributed by atoms with van der Waals surface area (Å²) in [7, 11) is 0. The minimum atomic E-state index is -0.230. The Morgan fingerprint density at radius 3 is 2.74 bits per heavy atom. The topological polar surface area (TPSA) is 68.7 Å². The van der Waals surface area contributed by atoms with Crippen molar-refractivity contribution in [3.05, 3.63) is 45.9 Å². The monoisotopic (exact) mass is 388 g/mol. The Hall–Kier alpha value is -2.41. The third-order valence-corrected chi connectivity index (χ3v) is 5.31. The Labute approximate surface area is 163 Å². The number of aryl methyl sites for hydroxylation is 1. The predicted molar refractivity (Wildman–Crippen MR) is 103 cm³/mol. The number of piperidine rings is 1. The Bertz CT molecular complexity index is 788. The molecule has 7 heteroatoms. The first-order valence-corrected chi connectivity index (χ1v) is 10.0. The van der Waals surface area contributed by atoms with Crippen LogP contribution in [-0.2, 0) is 16.1 Å². The highest BCUT2D eigenvalue weighted by molar-refractivity contribution is 7.09. The van der Waals surface area contributed by atoms with E-state index in [1.54, 1.807) is 47.4 Å². The van der Waals surface area contributed by atoms with Gasteiger partial charge in [-0.2, -0.15) is 0 Å². The lowest BCUT2D eigenvalue weighted by Gasteiger charge is -2.31. The molecule has 0 saturated carbocycles. The van der Waals surface area contributed by atoms with E-state index in [1.165, 1.54) is 0 Å². The van der Waals surface area contributed by atoms with Crippen molar-refractivity contribution in [1.29, 1.82) is 0 Å². The second-order valence-corrected chi connectivity index (χ2v) is 7.58. The van der Waals surface area contributed by atoms with Crippen molar-refractivity contribution in [3.63, 3.8) is 0 Å². The molecule has 0 N–H and O–H groups in total. The minimum Gasteiger partial charge on any atom is -0.487 e. The van der Waals surface area contributed by atoms with E-state index < -0.39 is 0 Å². The summed E-state index contributed by atoms with van der Waals surface area (Å²) < 4.78 is 10.8. The van der Waals surface area contributed by atoms with Crippen LogP contribution in [0.4, 0.5) is 0 Å². The molecule has 1 saturated heterocycles. The molecule has 0 radical (unpaired) electrons. The second-order valence-electron chi connectivity index (χ2n) is 6.51. The number of aromatic nitrogens is 1. The highest BCUT2D eigenvalue weighted by Gasteiger charge is 2.29. The van der Waals surface area contributed by atoms with E-state index in [0.29, 0.717) is 37.6 Å². The summed E-state index contributed by atoms with van der Waals surface area (Å²) in [5.41, 5.74) is 1.49. The zero-order chi connectivity index (χ0) is 19.2. The van der Waals surface area contributed by atoms with E-state index in [2.05, 4.69) is 4.98 Å². The van der Waals surface area contributed by atoms with Crippen molar-refractivity contribution in [3.8, 4) is 5.75 Å². The number of ether oxygens (including phenoxy) is 2. The lowest BCUT2D eigenvalue weighted by atomic mass is 9.97. The van der Waals surface area contributed by atoms with E-state index in [-0.39, 0.29) is 17.8 Å². The Kier molecular flexibility index (Phi) is 6.45. The number of hydrogen-bond donors (Lipinski definition) is 0. The molecular weight excluding hydrogens is 364 g/mol. The van der Waals surface area contributed by atoms with Crippen LogP contribution in [0, 0.1) is 12.8 Å². The van der Waals surface area contributed by atoms with Crippen LogP contribution >= 0.6 is 11.3 Å². The largest absolute Gasteiger partial charge is 0.487 e. The summed E-state index contributed by atoms with van der Waals surface area (Å²) in [5, 5.41) is 2.99. The molecule has 0 bridgehead atoms. The molecule has 1 aromatic carbocycles. The molecule has 27 heavy (non-hydrogen) atoms. The van der Waals surface area contributed by atoms with E-state index >= 15 is 0 Å². The van der Waals surface area contributed by atoms with Crippen LogP contribution in [0.25, 0.3) is 0 Å². The molecule has 1 aliphatic rings. The first-order valence-electron chi connectivity index (χ1n) is 9.16. The van der Waals surface area contributed by atoms with Crippen molar-refractivity contribution in [1.82, 2.24) is 9.88 Å². The van der Waals surface area contributed by atoms with Gasteiger partial charge in [-0.1, -0.05) is 0 Å². The first kappa shape index (κ1) is 19.4. The van der Waals surface area contributed by atoms with Crippen LogP contribution in [-0.4, -0.2) is 41.5 Å². The number of carbonyl (C=O) groups is 2. The zero-order valence-electron chi connectivity index (χ0n) is 15.6. The Balaban J connectivity index is 1.57. The Morgan fingerprint density at radius 1 is 1.30 bits per heavy atom. The van der Waals surface area contributed by atoms with E-state index in [1.807, 2.05) is 12.3 Å². The number of amides is 1. The van der Waals surface area contributed by atoms with Crippen LogP contribution in [0.15, 0.2) is 29.6 Å². The highest BCUT2D eigenvalue weighted by atomic mass is 32.1. The highest BCUT2D eigenvalue weighted by Crippen LogP contribution is 2.21. The second kappa shape index (κ2) is 8.99. The molecule has 0 spiro atoms. The summed E-state index contributed by atoms with van der Waals surface area (Å²) in [6.45, 7) is 5.61. The summed E-state index contributed by atoms with van der Waals surface area (Å²) in [6, 6.07) is 7.11. The summed E-state index contributed by atoms with van der Waals surface area (Å²) in [6.07, 6.45) is 1.58. The summed E-state index contributed by atoms with van der Waals surface area (Å²) in [4.78, 5) is 30.8. The lowest BCUT2D eigenvalue weighted by molar-refractivity contribution is -0.149. The van der Waals surface area contributed by atoms with Crippen molar-refractivity contribution in [2.45, 2.75) is 33.3 Å². The lowest BCUT2D eigenvalue weighted by Crippen LogP contribution is -2.42. The normalized spacial score (nSPS) is 16.8. The van der Waals surface area contributed by atoms with Gasteiger partial charge in [-0.05, 0) is 51.0 Å². The van der Waals surface area contributed by atoms with Crippen molar-refractivity contribution >= 4 is 23.2 Å². The first-order chi connectivity index (χ1) is 13.1. The summed E-state index contributed by atoms with van der Waals surface area (Å²) in [5.74, 6) is 0.189. The fraction of sp³-hybridized carbons (Fsp3) is 0.450. The molecule has 0 aliphatic carbocycles. The van der Waals surface area contributed by atoms with Crippen molar-refractivity contribution in [2.24, 2.45) is 5.92 Å². The van der Waals surface area contributed by atoms with Gasteiger partial charge in [0.1, 0.15) is 12.4 Å². The third kappa shape index (κ3) is 5.07. The number of carbonyl (C=O) groups excluding carboxylic acids is 2. The molecule has 1 aliphatic heterocycles. The molecule has 144 valence electrons. The standard InChI is InChI=1S/C20H24N2O4S/c1-3-25-20(24)16-5-4-10-22(11-16)19(23)15-6-8-18(9-7-15)26-12-17-13-27-14(2)21-17/h6-9,13,16H,3-5,10-12H2,1-2H3. The van der Waals surface area contributed by atoms with Gasteiger partial charge in [-0.15, -0.1) is 11.3 Å². The van der Waals surface area contributed by atoms with Gasteiger partial charge in [0.25, 0.3) is 5.91 Å². The minimum absolute atomic E-state index is 0.0642. The quantitative estimate of drug-likeness (QED) is 0.709. The van der Waals surface area contributed by atoms with Gasteiger partial charge in [-0.3, -0.25) is 9.59 Å². The predicted octanol–water partition coefficient (Wildman–Crippen LogP) is 3.45. The number of esters is 1. The third-order valence-electron chi connectivity index (χ3n) is 4.48. The molecular formula is C20H24N2O4S. The van der Waals surface area contributed by atoms with Gasteiger partial charge in [-0.25, -0.2) is 4.98 Å². The number of thiazole rings is 1.